The number of rotatable bonds is 5. The number of anilines is 1. The SMILES string of the molecule is CCCn1nnnc1NC(=S)NC(=O)c1ccc([N+](=O)[O-])cc1Cl. The van der Waals surface area contributed by atoms with Crippen molar-refractivity contribution in [3.8, 4) is 0 Å². The molecule has 0 aliphatic carbocycles. The molecule has 24 heavy (non-hydrogen) atoms. The smallest absolute Gasteiger partial charge is 0.270 e. The Hall–Kier alpha value is -2.66. The van der Waals surface area contributed by atoms with Crippen molar-refractivity contribution < 1.29 is 9.72 Å². The highest BCUT2D eigenvalue weighted by Gasteiger charge is 2.16. The molecular formula is C12H12ClN7O3S. The summed E-state index contributed by atoms with van der Waals surface area (Å²) >= 11 is 10.9. The molecule has 126 valence electrons. The van der Waals surface area contributed by atoms with Gasteiger partial charge in [0.1, 0.15) is 0 Å². The van der Waals surface area contributed by atoms with Gasteiger partial charge in [-0.3, -0.25) is 25.5 Å². The van der Waals surface area contributed by atoms with Crippen molar-refractivity contribution >= 4 is 46.5 Å². The molecular weight excluding hydrogens is 358 g/mol. The number of hydrogen-bond acceptors (Lipinski definition) is 7. The van der Waals surface area contributed by atoms with Gasteiger partial charge in [0.05, 0.1) is 15.5 Å². The highest BCUT2D eigenvalue weighted by molar-refractivity contribution is 7.80. The summed E-state index contributed by atoms with van der Waals surface area (Å²) in [7, 11) is 0. The Bertz CT molecular complexity index is 795. The van der Waals surface area contributed by atoms with E-state index in [1.807, 2.05) is 6.92 Å². The number of nitro benzene ring substituents is 1. The normalized spacial score (nSPS) is 10.2. The van der Waals surface area contributed by atoms with E-state index in [4.69, 9.17) is 23.8 Å². The van der Waals surface area contributed by atoms with Crippen LogP contribution in [0.5, 0.6) is 0 Å². The highest BCUT2D eigenvalue weighted by atomic mass is 35.5. The predicted octanol–water partition coefficient (Wildman–Crippen LogP) is 1.77. The van der Waals surface area contributed by atoms with E-state index >= 15 is 0 Å². The number of nitrogens with one attached hydrogen (secondary N) is 2. The molecule has 0 aliphatic heterocycles. The van der Waals surface area contributed by atoms with E-state index in [-0.39, 0.29) is 27.3 Å². The molecule has 0 saturated carbocycles. The number of nitro groups is 1. The van der Waals surface area contributed by atoms with Crippen molar-refractivity contribution in [3.05, 3.63) is 38.9 Å². The van der Waals surface area contributed by atoms with Crippen molar-refractivity contribution in [1.29, 1.82) is 0 Å². The third-order valence-electron chi connectivity index (χ3n) is 2.83. The molecule has 2 aromatic rings. The summed E-state index contributed by atoms with van der Waals surface area (Å²) in [6, 6.07) is 3.52. The highest BCUT2D eigenvalue weighted by Crippen LogP contribution is 2.22. The Labute approximate surface area is 146 Å². The standard InChI is InChI=1S/C12H12ClN7O3S/c1-2-5-19-11(16-17-18-19)15-12(24)14-10(21)8-4-3-7(20(22)23)6-9(8)13/h3-4,6H,2,5H2,1H3,(H2,14,15,16,18,21,24). The Kier molecular flexibility index (Phi) is 5.71. The maximum absolute atomic E-state index is 12.1. The topological polar surface area (TPSA) is 128 Å². The van der Waals surface area contributed by atoms with Gasteiger partial charge in [-0.25, -0.2) is 4.68 Å². The lowest BCUT2D eigenvalue weighted by Gasteiger charge is -2.09. The van der Waals surface area contributed by atoms with Crippen molar-refractivity contribution in [2.75, 3.05) is 5.32 Å². The predicted molar refractivity (Wildman–Crippen MR) is 89.9 cm³/mol. The number of aromatic nitrogens is 4. The van der Waals surface area contributed by atoms with Crippen molar-refractivity contribution in [3.63, 3.8) is 0 Å². The summed E-state index contributed by atoms with van der Waals surface area (Å²) < 4.78 is 1.50. The number of aryl methyl sites for hydroxylation is 1. The maximum Gasteiger partial charge on any atom is 0.270 e. The number of hydrogen-bond donors (Lipinski definition) is 2. The Morgan fingerprint density at radius 2 is 2.25 bits per heavy atom. The summed E-state index contributed by atoms with van der Waals surface area (Å²) in [5.74, 6) is -0.320. The summed E-state index contributed by atoms with van der Waals surface area (Å²) in [5, 5.41) is 26.7. The van der Waals surface area contributed by atoms with Gasteiger partial charge in [0.15, 0.2) is 5.11 Å². The summed E-state index contributed by atoms with van der Waals surface area (Å²) in [5.41, 5.74) is -0.157. The van der Waals surface area contributed by atoms with Gasteiger partial charge in [0, 0.05) is 18.7 Å². The van der Waals surface area contributed by atoms with Gasteiger partial charge in [-0.15, -0.1) is 0 Å². The lowest BCUT2D eigenvalue weighted by atomic mass is 10.2. The molecule has 0 radical (unpaired) electrons. The fourth-order valence-corrected chi connectivity index (χ4v) is 2.21. The first-order valence-electron chi connectivity index (χ1n) is 6.74. The van der Waals surface area contributed by atoms with Crippen LogP contribution in [0.15, 0.2) is 18.2 Å². The van der Waals surface area contributed by atoms with Crippen molar-refractivity contribution in [1.82, 2.24) is 25.5 Å². The summed E-state index contributed by atoms with van der Waals surface area (Å²) in [4.78, 5) is 22.2. The molecule has 2 rings (SSSR count). The first-order valence-corrected chi connectivity index (χ1v) is 7.53. The second-order valence-corrected chi connectivity index (χ2v) is 5.37. The third-order valence-corrected chi connectivity index (χ3v) is 3.34. The number of benzene rings is 1. The molecule has 1 aromatic carbocycles. The molecule has 0 unspecified atom stereocenters. The van der Waals surface area contributed by atoms with Gasteiger partial charge in [-0.05, 0) is 35.1 Å². The van der Waals surface area contributed by atoms with Crippen LogP contribution >= 0.6 is 23.8 Å². The van der Waals surface area contributed by atoms with Gasteiger partial charge >= 0.3 is 0 Å². The van der Waals surface area contributed by atoms with Crippen molar-refractivity contribution in [2.24, 2.45) is 0 Å². The van der Waals surface area contributed by atoms with Crippen LogP contribution in [0.4, 0.5) is 11.6 Å². The van der Waals surface area contributed by atoms with Crippen LogP contribution in [0, 0.1) is 10.1 Å². The minimum absolute atomic E-state index is 0.0263. The molecule has 1 amide bonds. The first-order chi connectivity index (χ1) is 11.4. The zero-order chi connectivity index (χ0) is 17.7. The molecule has 0 saturated heterocycles. The quantitative estimate of drug-likeness (QED) is 0.463. The number of carbonyl (C=O) groups is 1. The molecule has 2 N–H and O–H groups in total. The monoisotopic (exact) mass is 369 g/mol. The molecule has 0 bridgehead atoms. The van der Waals surface area contributed by atoms with Crippen molar-refractivity contribution in [2.45, 2.75) is 19.9 Å². The molecule has 1 heterocycles. The average molecular weight is 370 g/mol. The molecule has 0 spiro atoms. The Morgan fingerprint density at radius 1 is 1.50 bits per heavy atom. The average Bonchev–Trinajstić information content (AvgIpc) is 2.94. The van der Waals surface area contributed by atoms with E-state index in [9.17, 15) is 14.9 Å². The maximum atomic E-state index is 12.1. The van der Waals surface area contributed by atoms with E-state index in [0.717, 1.165) is 12.5 Å². The lowest BCUT2D eigenvalue weighted by Crippen LogP contribution is -2.35. The van der Waals surface area contributed by atoms with E-state index in [2.05, 4.69) is 26.2 Å². The molecule has 0 atom stereocenters. The van der Waals surface area contributed by atoms with Crippen LogP contribution in [0.25, 0.3) is 0 Å². The summed E-state index contributed by atoms with van der Waals surface area (Å²) in [6.07, 6.45) is 0.817. The number of carbonyl (C=O) groups excluding carboxylic acids is 1. The Morgan fingerprint density at radius 3 is 2.88 bits per heavy atom. The van der Waals surface area contributed by atoms with E-state index in [1.54, 1.807) is 0 Å². The third kappa shape index (κ3) is 4.20. The molecule has 0 aliphatic rings. The molecule has 1 aromatic heterocycles. The second kappa shape index (κ2) is 7.75. The van der Waals surface area contributed by atoms with Crippen LogP contribution < -0.4 is 10.6 Å². The number of amides is 1. The number of tetrazole rings is 1. The van der Waals surface area contributed by atoms with E-state index in [0.29, 0.717) is 6.54 Å². The number of non-ortho nitro benzene ring substituents is 1. The zero-order valence-corrected chi connectivity index (χ0v) is 14.0. The van der Waals surface area contributed by atoms with Crippen LogP contribution in [0.1, 0.15) is 23.7 Å². The van der Waals surface area contributed by atoms with E-state index in [1.165, 1.54) is 16.8 Å². The van der Waals surface area contributed by atoms with Crippen LogP contribution in [0.3, 0.4) is 0 Å². The molecule has 0 fully saturated rings. The second-order valence-electron chi connectivity index (χ2n) is 4.56. The van der Waals surface area contributed by atoms with Gasteiger partial charge in [0.25, 0.3) is 11.6 Å². The van der Waals surface area contributed by atoms with Gasteiger partial charge in [0.2, 0.25) is 5.95 Å². The minimum Gasteiger partial charge on any atom is -0.300 e. The van der Waals surface area contributed by atoms with Gasteiger partial charge in [-0.2, -0.15) is 0 Å². The number of thiocarbonyl (C=S) groups is 1. The number of nitrogens with zero attached hydrogens (tertiary/aromatic N) is 5. The minimum atomic E-state index is -0.609. The largest absolute Gasteiger partial charge is 0.300 e. The van der Waals surface area contributed by atoms with Gasteiger partial charge < -0.3 is 0 Å². The fourth-order valence-electron chi connectivity index (χ4n) is 1.76. The number of halogens is 1. The van der Waals surface area contributed by atoms with E-state index < -0.39 is 10.8 Å². The van der Waals surface area contributed by atoms with Crippen LogP contribution in [-0.2, 0) is 6.54 Å². The first kappa shape index (κ1) is 17.7. The molecule has 12 heteroatoms. The molecule has 10 nitrogen and oxygen atoms in total. The Balaban J connectivity index is 2.05. The van der Waals surface area contributed by atoms with Gasteiger partial charge in [-0.1, -0.05) is 23.6 Å². The zero-order valence-electron chi connectivity index (χ0n) is 12.4. The fraction of sp³-hybridized carbons (Fsp3) is 0.250. The summed E-state index contributed by atoms with van der Waals surface area (Å²) in [6.45, 7) is 2.54. The lowest BCUT2D eigenvalue weighted by molar-refractivity contribution is -0.384. The van der Waals surface area contributed by atoms with Crippen LogP contribution in [-0.4, -0.2) is 36.2 Å². The van der Waals surface area contributed by atoms with Crippen LogP contribution in [0.2, 0.25) is 5.02 Å².